The minimum absolute atomic E-state index is 0.583. The molecule has 5 nitrogen and oxygen atoms in total. The first-order valence-electron chi connectivity index (χ1n) is 7.79. The maximum atomic E-state index is 5.46. The van der Waals surface area contributed by atoms with Gasteiger partial charge in [0.2, 0.25) is 0 Å². The number of hydrogen-bond donors (Lipinski definition) is 1. The molecule has 6 heteroatoms. The predicted molar refractivity (Wildman–Crippen MR) is 102 cm³/mol. The van der Waals surface area contributed by atoms with E-state index in [4.69, 9.17) is 31.2 Å². The number of nitrogens with one attached hydrogen (secondary N) is 1. The zero-order valence-corrected chi connectivity index (χ0v) is 15.7. The number of thiocarbonyl (C=S) groups is 1. The summed E-state index contributed by atoms with van der Waals surface area (Å²) in [6.45, 7) is 0.583. The minimum atomic E-state index is 0.583. The molecule has 0 saturated carbocycles. The van der Waals surface area contributed by atoms with Gasteiger partial charge in [-0.1, -0.05) is 18.3 Å². The van der Waals surface area contributed by atoms with Crippen molar-refractivity contribution in [2.45, 2.75) is 13.0 Å². The average Bonchev–Trinajstić information content (AvgIpc) is 2.65. The van der Waals surface area contributed by atoms with Gasteiger partial charge in [0, 0.05) is 24.6 Å². The zero-order chi connectivity index (χ0) is 18.2. The van der Waals surface area contributed by atoms with Crippen molar-refractivity contribution in [1.82, 2.24) is 5.32 Å². The Balaban J connectivity index is 1.99. The molecule has 0 aliphatic heterocycles. The van der Waals surface area contributed by atoms with Gasteiger partial charge in [0.15, 0.2) is 11.5 Å². The van der Waals surface area contributed by atoms with Crippen LogP contribution in [0.1, 0.15) is 11.1 Å². The standard InChI is InChI=1S/C19H23NO4S/c1-21-15-7-6-14(17(11-15)23-3)12-20-19(25)10-13-5-8-16(22-2)18(9-13)24-4/h5-9,11H,10,12H2,1-4H3,(H,20,25). The highest BCUT2D eigenvalue weighted by molar-refractivity contribution is 7.80. The summed E-state index contributed by atoms with van der Waals surface area (Å²) in [6, 6.07) is 11.5. The monoisotopic (exact) mass is 361 g/mol. The van der Waals surface area contributed by atoms with Gasteiger partial charge in [0.25, 0.3) is 0 Å². The van der Waals surface area contributed by atoms with Crippen molar-refractivity contribution < 1.29 is 18.9 Å². The van der Waals surface area contributed by atoms with Crippen LogP contribution in [0.15, 0.2) is 36.4 Å². The first-order chi connectivity index (χ1) is 12.1. The van der Waals surface area contributed by atoms with E-state index in [1.54, 1.807) is 28.4 Å². The van der Waals surface area contributed by atoms with Crippen LogP contribution in [-0.2, 0) is 13.0 Å². The van der Waals surface area contributed by atoms with Crippen LogP contribution >= 0.6 is 12.2 Å². The van der Waals surface area contributed by atoms with Crippen molar-refractivity contribution >= 4 is 17.2 Å². The van der Waals surface area contributed by atoms with Crippen molar-refractivity contribution in [2.24, 2.45) is 0 Å². The average molecular weight is 361 g/mol. The Bertz CT molecular complexity index is 733. The smallest absolute Gasteiger partial charge is 0.160 e. The van der Waals surface area contributed by atoms with E-state index in [-0.39, 0.29) is 0 Å². The summed E-state index contributed by atoms with van der Waals surface area (Å²) in [5, 5.41) is 3.26. The third kappa shape index (κ3) is 5.00. The number of hydrogen-bond acceptors (Lipinski definition) is 5. The predicted octanol–water partition coefficient (Wildman–Crippen LogP) is 3.38. The van der Waals surface area contributed by atoms with Crippen molar-refractivity contribution in [2.75, 3.05) is 28.4 Å². The second-order valence-electron chi connectivity index (χ2n) is 5.32. The minimum Gasteiger partial charge on any atom is -0.497 e. The van der Waals surface area contributed by atoms with E-state index < -0.39 is 0 Å². The topological polar surface area (TPSA) is 49.0 Å². The highest BCUT2D eigenvalue weighted by atomic mass is 32.1. The molecule has 0 atom stereocenters. The molecule has 0 aliphatic rings. The second-order valence-corrected chi connectivity index (χ2v) is 5.81. The molecule has 0 saturated heterocycles. The number of ether oxygens (including phenoxy) is 4. The molecule has 0 heterocycles. The van der Waals surface area contributed by atoms with Gasteiger partial charge in [-0.05, 0) is 29.8 Å². The summed E-state index contributed by atoms with van der Waals surface area (Å²) in [5.74, 6) is 2.92. The van der Waals surface area contributed by atoms with Gasteiger partial charge >= 0.3 is 0 Å². The lowest BCUT2D eigenvalue weighted by molar-refractivity contribution is 0.354. The van der Waals surface area contributed by atoms with E-state index in [0.717, 1.165) is 27.6 Å². The van der Waals surface area contributed by atoms with E-state index >= 15 is 0 Å². The third-order valence-electron chi connectivity index (χ3n) is 3.78. The number of methoxy groups -OCH3 is 4. The van der Waals surface area contributed by atoms with Crippen LogP contribution in [0.5, 0.6) is 23.0 Å². The quantitative estimate of drug-likeness (QED) is 0.728. The van der Waals surface area contributed by atoms with E-state index in [2.05, 4.69) is 5.32 Å². The Morgan fingerprint density at radius 3 is 2.20 bits per heavy atom. The van der Waals surface area contributed by atoms with Crippen molar-refractivity contribution in [3.63, 3.8) is 0 Å². The maximum Gasteiger partial charge on any atom is 0.160 e. The lowest BCUT2D eigenvalue weighted by Gasteiger charge is -2.13. The van der Waals surface area contributed by atoms with E-state index in [1.165, 1.54) is 0 Å². The Morgan fingerprint density at radius 2 is 1.56 bits per heavy atom. The van der Waals surface area contributed by atoms with Gasteiger partial charge in [-0.2, -0.15) is 0 Å². The summed E-state index contributed by atoms with van der Waals surface area (Å²) in [4.78, 5) is 0.741. The van der Waals surface area contributed by atoms with Gasteiger partial charge in [0.1, 0.15) is 11.5 Å². The fraction of sp³-hybridized carbons (Fsp3) is 0.316. The summed E-state index contributed by atoms with van der Waals surface area (Å²) >= 11 is 5.46. The van der Waals surface area contributed by atoms with Crippen LogP contribution in [0.3, 0.4) is 0 Å². The van der Waals surface area contributed by atoms with Crippen LogP contribution in [0.25, 0.3) is 0 Å². The highest BCUT2D eigenvalue weighted by Crippen LogP contribution is 2.28. The lowest BCUT2D eigenvalue weighted by Crippen LogP contribution is -2.23. The summed E-state index contributed by atoms with van der Waals surface area (Å²) in [6.07, 6.45) is 0.619. The van der Waals surface area contributed by atoms with Gasteiger partial charge in [-0.25, -0.2) is 0 Å². The number of rotatable bonds is 8. The molecule has 2 aromatic carbocycles. The molecule has 0 aliphatic carbocycles. The normalized spacial score (nSPS) is 10.1. The van der Waals surface area contributed by atoms with Crippen molar-refractivity contribution in [3.05, 3.63) is 47.5 Å². The first kappa shape index (κ1) is 18.9. The molecule has 0 aromatic heterocycles. The Morgan fingerprint density at radius 1 is 0.840 bits per heavy atom. The van der Waals surface area contributed by atoms with Crippen LogP contribution in [0.4, 0.5) is 0 Å². The molecule has 2 aromatic rings. The van der Waals surface area contributed by atoms with Gasteiger partial charge in [0.05, 0.1) is 33.4 Å². The van der Waals surface area contributed by atoms with Crippen molar-refractivity contribution in [1.29, 1.82) is 0 Å². The highest BCUT2D eigenvalue weighted by Gasteiger charge is 2.08. The van der Waals surface area contributed by atoms with E-state index in [0.29, 0.717) is 24.5 Å². The Kier molecular flexibility index (Phi) is 6.89. The zero-order valence-electron chi connectivity index (χ0n) is 14.9. The van der Waals surface area contributed by atoms with Crippen LogP contribution in [-0.4, -0.2) is 33.4 Å². The van der Waals surface area contributed by atoms with E-state index in [9.17, 15) is 0 Å². The summed E-state index contributed by atoms with van der Waals surface area (Å²) < 4.78 is 21.2. The van der Waals surface area contributed by atoms with E-state index in [1.807, 2.05) is 36.4 Å². The molecule has 25 heavy (non-hydrogen) atoms. The molecule has 2 rings (SSSR count). The fourth-order valence-electron chi connectivity index (χ4n) is 2.43. The first-order valence-corrected chi connectivity index (χ1v) is 8.20. The second kappa shape index (κ2) is 9.13. The van der Waals surface area contributed by atoms with Crippen LogP contribution < -0.4 is 24.3 Å². The van der Waals surface area contributed by atoms with Gasteiger partial charge in [-0.15, -0.1) is 0 Å². The molecule has 1 N–H and O–H groups in total. The lowest BCUT2D eigenvalue weighted by atomic mass is 10.1. The van der Waals surface area contributed by atoms with Crippen LogP contribution in [0.2, 0.25) is 0 Å². The molecular formula is C19H23NO4S. The summed E-state index contributed by atoms with van der Waals surface area (Å²) in [7, 11) is 6.51. The Hall–Kier alpha value is -2.47. The molecule has 0 amide bonds. The molecule has 134 valence electrons. The van der Waals surface area contributed by atoms with Crippen LogP contribution in [0, 0.1) is 0 Å². The SMILES string of the molecule is COc1ccc(CNC(=S)Cc2ccc(OC)c(OC)c2)c(OC)c1. The molecule has 0 unspecified atom stereocenters. The maximum absolute atomic E-state index is 5.46. The molecule has 0 fully saturated rings. The van der Waals surface area contributed by atoms with Crippen molar-refractivity contribution in [3.8, 4) is 23.0 Å². The molecule has 0 spiro atoms. The largest absolute Gasteiger partial charge is 0.497 e. The molecule has 0 bridgehead atoms. The van der Waals surface area contributed by atoms with Gasteiger partial charge < -0.3 is 24.3 Å². The molecular weight excluding hydrogens is 338 g/mol. The number of benzene rings is 2. The summed E-state index contributed by atoms with van der Waals surface area (Å²) in [5.41, 5.74) is 2.06. The Labute approximate surface area is 153 Å². The third-order valence-corrected chi connectivity index (χ3v) is 4.07. The van der Waals surface area contributed by atoms with Gasteiger partial charge in [-0.3, -0.25) is 0 Å². The molecule has 0 radical (unpaired) electrons. The fourth-order valence-corrected chi connectivity index (χ4v) is 2.67.